The van der Waals surface area contributed by atoms with E-state index in [0.717, 1.165) is 5.56 Å². The molecule has 0 aliphatic heterocycles. The van der Waals surface area contributed by atoms with E-state index >= 15 is 0 Å². The molecule has 22 heavy (non-hydrogen) atoms. The second-order valence-electron chi connectivity index (χ2n) is 5.52. The van der Waals surface area contributed by atoms with Crippen molar-refractivity contribution in [1.29, 1.82) is 0 Å². The molecule has 0 radical (unpaired) electrons. The van der Waals surface area contributed by atoms with Crippen LogP contribution in [0.15, 0.2) is 85.4 Å². The molecule has 0 saturated heterocycles. The first-order valence-electron chi connectivity index (χ1n) is 7.50. The molecule has 0 N–H and O–H groups in total. The molecular formula is C22H16. The molecule has 4 aromatic rings. The van der Waals surface area contributed by atoms with Gasteiger partial charge in [-0.05, 0) is 50.4 Å². The third-order valence-electron chi connectivity index (χ3n) is 4.20. The number of hydrogen-bond acceptors (Lipinski definition) is 0. The molecule has 0 aliphatic rings. The number of rotatable bonds is 2. The lowest BCUT2D eigenvalue weighted by Crippen LogP contribution is -1.85. The summed E-state index contributed by atoms with van der Waals surface area (Å²) in [5, 5.41) is 5.18. The van der Waals surface area contributed by atoms with Gasteiger partial charge in [0, 0.05) is 0 Å². The van der Waals surface area contributed by atoms with Crippen molar-refractivity contribution in [1.82, 2.24) is 0 Å². The van der Waals surface area contributed by atoms with Gasteiger partial charge < -0.3 is 0 Å². The summed E-state index contributed by atoms with van der Waals surface area (Å²) in [5.74, 6) is 0. The SMILES string of the molecule is C=Cc1cccc(-c2cc3ccccc3c3ccccc23)c1. The molecule has 0 heterocycles. The van der Waals surface area contributed by atoms with Crippen molar-refractivity contribution in [2.45, 2.75) is 0 Å². The number of fused-ring (bicyclic) bond motifs is 3. The number of benzene rings is 4. The summed E-state index contributed by atoms with van der Waals surface area (Å²) in [7, 11) is 0. The van der Waals surface area contributed by atoms with Crippen LogP contribution in [0.1, 0.15) is 5.56 Å². The molecule has 0 aliphatic carbocycles. The molecule has 0 heteroatoms. The predicted molar refractivity (Wildman–Crippen MR) is 97.0 cm³/mol. The van der Waals surface area contributed by atoms with Crippen LogP contribution in [0.4, 0.5) is 0 Å². The average molecular weight is 280 g/mol. The van der Waals surface area contributed by atoms with E-state index in [1.807, 2.05) is 6.08 Å². The van der Waals surface area contributed by atoms with Gasteiger partial charge in [0.1, 0.15) is 0 Å². The fourth-order valence-electron chi connectivity index (χ4n) is 3.13. The second kappa shape index (κ2) is 5.16. The molecule has 0 saturated carbocycles. The normalized spacial score (nSPS) is 10.9. The van der Waals surface area contributed by atoms with Gasteiger partial charge in [0.2, 0.25) is 0 Å². The molecule has 0 bridgehead atoms. The number of hydrogen-bond donors (Lipinski definition) is 0. The van der Waals surface area contributed by atoms with E-state index in [4.69, 9.17) is 0 Å². The van der Waals surface area contributed by atoms with Crippen molar-refractivity contribution in [3.8, 4) is 11.1 Å². The molecular weight excluding hydrogens is 264 g/mol. The average Bonchev–Trinajstić information content (AvgIpc) is 2.61. The van der Waals surface area contributed by atoms with Gasteiger partial charge in [-0.3, -0.25) is 0 Å². The molecule has 0 nitrogen and oxygen atoms in total. The zero-order chi connectivity index (χ0) is 14.9. The van der Waals surface area contributed by atoms with E-state index in [1.54, 1.807) is 0 Å². The Bertz CT molecular complexity index is 993. The quantitative estimate of drug-likeness (QED) is 0.378. The summed E-state index contributed by atoms with van der Waals surface area (Å²) in [4.78, 5) is 0. The lowest BCUT2D eigenvalue weighted by atomic mass is 9.93. The molecule has 4 aromatic carbocycles. The van der Waals surface area contributed by atoms with E-state index in [2.05, 4.69) is 85.4 Å². The van der Waals surface area contributed by atoms with E-state index in [9.17, 15) is 0 Å². The molecule has 0 spiro atoms. The Morgan fingerprint density at radius 3 is 2.18 bits per heavy atom. The van der Waals surface area contributed by atoms with Gasteiger partial charge >= 0.3 is 0 Å². The molecule has 0 aromatic heterocycles. The van der Waals surface area contributed by atoms with Crippen LogP contribution in [0, 0.1) is 0 Å². The van der Waals surface area contributed by atoms with Gasteiger partial charge in [0.05, 0.1) is 0 Å². The first-order chi connectivity index (χ1) is 10.9. The Balaban J connectivity index is 2.13. The van der Waals surface area contributed by atoms with Crippen LogP contribution in [0.2, 0.25) is 0 Å². The third kappa shape index (κ3) is 2.01. The Morgan fingerprint density at radius 1 is 0.636 bits per heavy atom. The highest BCUT2D eigenvalue weighted by atomic mass is 14.1. The van der Waals surface area contributed by atoms with Crippen molar-refractivity contribution in [3.05, 3.63) is 91.0 Å². The zero-order valence-electron chi connectivity index (χ0n) is 12.3. The monoisotopic (exact) mass is 280 g/mol. The van der Waals surface area contributed by atoms with Gasteiger partial charge in [-0.15, -0.1) is 0 Å². The van der Waals surface area contributed by atoms with E-state index < -0.39 is 0 Å². The lowest BCUT2D eigenvalue weighted by molar-refractivity contribution is 1.63. The molecule has 0 atom stereocenters. The summed E-state index contributed by atoms with van der Waals surface area (Å²) < 4.78 is 0. The minimum Gasteiger partial charge on any atom is -0.0985 e. The zero-order valence-corrected chi connectivity index (χ0v) is 12.3. The lowest BCUT2D eigenvalue weighted by Gasteiger charge is -2.11. The maximum Gasteiger partial charge on any atom is -0.00988 e. The second-order valence-corrected chi connectivity index (χ2v) is 5.52. The highest BCUT2D eigenvalue weighted by molar-refractivity contribution is 6.13. The molecule has 0 fully saturated rings. The fourth-order valence-corrected chi connectivity index (χ4v) is 3.13. The summed E-state index contributed by atoms with van der Waals surface area (Å²) in [6.07, 6.45) is 1.90. The van der Waals surface area contributed by atoms with Crippen molar-refractivity contribution in [2.75, 3.05) is 0 Å². The van der Waals surface area contributed by atoms with Crippen molar-refractivity contribution in [3.63, 3.8) is 0 Å². The molecule has 0 unspecified atom stereocenters. The van der Waals surface area contributed by atoms with Crippen LogP contribution in [-0.4, -0.2) is 0 Å². The van der Waals surface area contributed by atoms with Gasteiger partial charge in [-0.25, -0.2) is 0 Å². The van der Waals surface area contributed by atoms with Gasteiger partial charge in [-0.1, -0.05) is 79.4 Å². The topological polar surface area (TPSA) is 0 Å². The maximum absolute atomic E-state index is 3.88. The Morgan fingerprint density at radius 2 is 1.36 bits per heavy atom. The van der Waals surface area contributed by atoms with Crippen molar-refractivity contribution < 1.29 is 0 Å². The van der Waals surface area contributed by atoms with Crippen LogP contribution >= 0.6 is 0 Å². The van der Waals surface area contributed by atoms with Crippen LogP contribution in [-0.2, 0) is 0 Å². The van der Waals surface area contributed by atoms with Crippen LogP contribution in [0.5, 0.6) is 0 Å². The van der Waals surface area contributed by atoms with Crippen molar-refractivity contribution >= 4 is 27.6 Å². The summed E-state index contributed by atoms with van der Waals surface area (Å²) in [5.41, 5.74) is 3.66. The van der Waals surface area contributed by atoms with Crippen LogP contribution in [0.25, 0.3) is 38.7 Å². The van der Waals surface area contributed by atoms with Gasteiger partial charge in [0.15, 0.2) is 0 Å². The highest BCUT2D eigenvalue weighted by Gasteiger charge is 2.08. The summed E-state index contributed by atoms with van der Waals surface area (Å²) in [6.45, 7) is 3.88. The Hall–Kier alpha value is -2.86. The summed E-state index contributed by atoms with van der Waals surface area (Å²) >= 11 is 0. The Kier molecular flexibility index (Phi) is 3.01. The molecule has 104 valence electrons. The minimum atomic E-state index is 1.15. The standard InChI is InChI=1S/C22H16/c1-2-16-8-7-10-17(14-16)22-15-18-9-3-4-11-19(18)20-12-5-6-13-21(20)22/h2-15H,1H2. The van der Waals surface area contributed by atoms with Crippen molar-refractivity contribution in [2.24, 2.45) is 0 Å². The first kappa shape index (κ1) is 12.8. The highest BCUT2D eigenvalue weighted by Crippen LogP contribution is 2.35. The minimum absolute atomic E-state index is 1.15. The van der Waals surface area contributed by atoms with E-state index in [-0.39, 0.29) is 0 Å². The van der Waals surface area contributed by atoms with E-state index in [0.29, 0.717) is 0 Å². The molecule has 0 amide bonds. The predicted octanol–water partition coefficient (Wildman–Crippen LogP) is 6.30. The summed E-state index contributed by atoms with van der Waals surface area (Å²) in [6, 6.07) is 28.0. The Labute approximate surface area is 130 Å². The van der Waals surface area contributed by atoms with Crippen LogP contribution in [0.3, 0.4) is 0 Å². The molecule has 4 rings (SSSR count). The maximum atomic E-state index is 3.88. The third-order valence-corrected chi connectivity index (χ3v) is 4.20. The van der Waals surface area contributed by atoms with Gasteiger partial charge in [-0.2, -0.15) is 0 Å². The smallest absolute Gasteiger partial charge is 0.00988 e. The fraction of sp³-hybridized carbons (Fsp3) is 0. The largest absolute Gasteiger partial charge is 0.0985 e. The van der Waals surface area contributed by atoms with Crippen LogP contribution < -0.4 is 0 Å². The first-order valence-corrected chi connectivity index (χ1v) is 7.50. The van der Waals surface area contributed by atoms with Gasteiger partial charge in [0.25, 0.3) is 0 Å². The van der Waals surface area contributed by atoms with E-state index in [1.165, 1.54) is 32.7 Å².